The lowest BCUT2D eigenvalue weighted by Gasteiger charge is -2.19. The van der Waals surface area contributed by atoms with Crippen LogP contribution >= 0.6 is 0 Å². The molecule has 0 bridgehead atoms. The fourth-order valence-electron chi connectivity index (χ4n) is 5.27. The van der Waals surface area contributed by atoms with Crippen LogP contribution in [-0.4, -0.2) is 33.4 Å². The van der Waals surface area contributed by atoms with Gasteiger partial charge in [0.1, 0.15) is 11.4 Å². The molecule has 1 saturated heterocycles. The molecule has 1 atom stereocenters. The predicted molar refractivity (Wildman–Crippen MR) is 136 cm³/mol. The van der Waals surface area contributed by atoms with Gasteiger partial charge >= 0.3 is 0 Å². The Kier molecular flexibility index (Phi) is 5.32. The molecule has 1 saturated carbocycles. The zero-order chi connectivity index (χ0) is 24.1. The van der Waals surface area contributed by atoms with E-state index in [0.29, 0.717) is 24.0 Å². The van der Waals surface area contributed by atoms with Crippen LogP contribution in [0.4, 0.5) is 0 Å². The first kappa shape index (κ1) is 21.8. The van der Waals surface area contributed by atoms with Crippen molar-refractivity contribution in [1.82, 2.24) is 14.5 Å². The number of aromatic nitrogens is 2. The van der Waals surface area contributed by atoms with E-state index >= 15 is 0 Å². The lowest BCUT2D eigenvalue weighted by molar-refractivity contribution is -0.131. The normalized spacial score (nSPS) is 17.9. The van der Waals surface area contributed by atoms with Crippen LogP contribution in [0.25, 0.3) is 33.5 Å². The van der Waals surface area contributed by atoms with Crippen LogP contribution in [0.3, 0.4) is 0 Å². The summed E-state index contributed by atoms with van der Waals surface area (Å²) in [6, 6.07) is 16.1. The van der Waals surface area contributed by atoms with Gasteiger partial charge in [-0.25, -0.2) is 4.98 Å². The van der Waals surface area contributed by atoms with Gasteiger partial charge in [-0.15, -0.1) is 0 Å². The molecular weight excluding hydrogens is 438 g/mol. The van der Waals surface area contributed by atoms with Gasteiger partial charge in [0.05, 0.1) is 6.26 Å². The lowest BCUT2D eigenvalue weighted by atomic mass is 9.98. The molecule has 1 aliphatic heterocycles. The van der Waals surface area contributed by atoms with Gasteiger partial charge in [-0.1, -0.05) is 24.3 Å². The first-order chi connectivity index (χ1) is 17.0. The fraction of sp³-hybridized carbons (Fsp3) is 0.345. The van der Waals surface area contributed by atoms with Gasteiger partial charge < -0.3 is 9.32 Å². The SMILES string of the molecule is Cc1cc(=O)n(CC2CCN(C(=O)C3CC3)C2)c(-c2ccc(-c3ccc4occc4c3)cc2C)n1. The van der Waals surface area contributed by atoms with Crippen molar-refractivity contribution in [2.24, 2.45) is 11.8 Å². The van der Waals surface area contributed by atoms with Crippen LogP contribution in [0.1, 0.15) is 30.5 Å². The number of hydrogen-bond acceptors (Lipinski definition) is 4. The molecule has 1 amide bonds. The highest BCUT2D eigenvalue weighted by Crippen LogP contribution is 2.34. The molecule has 4 aromatic rings. The quantitative estimate of drug-likeness (QED) is 0.405. The molecule has 178 valence electrons. The van der Waals surface area contributed by atoms with E-state index in [1.165, 1.54) is 0 Å². The number of furan rings is 1. The van der Waals surface area contributed by atoms with E-state index in [1.54, 1.807) is 12.3 Å². The average molecular weight is 468 g/mol. The second-order valence-corrected chi connectivity index (χ2v) is 10.1. The maximum Gasteiger partial charge on any atom is 0.253 e. The van der Waals surface area contributed by atoms with Gasteiger partial charge in [-0.05, 0) is 73.9 Å². The number of aryl methyl sites for hydroxylation is 2. The molecule has 2 aliphatic rings. The summed E-state index contributed by atoms with van der Waals surface area (Å²) in [5.74, 6) is 1.50. The minimum Gasteiger partial charge on any atom is -0.464 e. The third-order valence-electron chi connectivity index (χ3n) is 7.35. The van der Waals surface area contributed by atoms with Crippen molar-refractivity contribution in [2.75, 3.05) is 13.1 Å². The van der Waals surface area contributed by atoms with E-state index in [-0.39, 0.29) is 17.4 Å². The standard InChI is InChI=1S/C29H29N3O3/c1-18-13-22(23-6-8-26-24(15-23)10-12-35-26)5-7-25(18)28-30-19(2)14-27(33)32(28)17-20-9-11-31(16-20)29(34)21-3-4-21/h5-8,10,12-15,20-21H,3-4,9,11,16-17H2,1-2H3. The molecule has 6 heteroatoms. The van der Waals surface area contributed by atoms with E-state index < -0.39 is 0 Å². The predicted octanol–water partition coefficient (Wildman–Crippen LogP) is 5.20. The lowest BCUT2D eigenvalue weighted by Crippen LogP contribution is -2.32. The van der Waals surface area contributed by atoms with E-state index in [0.717, 1.165) is 65.6 Å². The minimum atomic E-state index is -0.0339. The Hall–Kier alpha value is -3.67. The van der Waals surface area contributed by atoms with Gasteiger partial charge in [0.15, 0.2) is 0 Å². The maximum atomic E-state index is 13.1. The first-order valence-electron chi connectivity index (χ1n) is 12.4. The fourth-order valence-corrected chi connectivity index (χ4v) is 5.27. The van der Waals surface area contributed by atoms with Crippen molar-refractivity contribution < 1.29 is 9.21 Å². The van der Waals surface area contributed by atoms with E-state index in [4.69, 9.17) is 9.40 Å². The summed E-state index contributed by atoms with van der Waals surface area (Å²) in [6.07, 6.45) is 4.68. The van der Waals surface area contributed by atoms with E-state index in [9.17, 15) is 9.59 Å². The molecular formula is C29H29N3O3. The van der Waals surface area contributed by atoms with Gasteiger partial charge in [-0.3, -0.25) is 14.2 Å². The van der Waals surface area contributed by atoms with Crippen molar-refractivity contribution in [3.05, 3.63) is 76.4 Å². The number of likely N-dealkylation sites (tertiary alicyclic amines) is 1. The summed E-state index contributed by atoms with van der Waals surface area (Å²) in [4.78, 5) is 32.4. The maximum absolute atomic E-state index is 13.1. The molecule has 1 unspecified atom stereocenters. The molecule has 0 radical (unpaired) electrons. The van der Waals surface area contributed by atoms with Crippen molar-refractivity contribution in [1.29, 1.82) is 0 Å². The van der Waals surface area contributed by atoms with Crippen LogP contribution in [0.2, 0.25) is 0 Å². The van der Waals surface area contributed by atoms with Crippen LogP contribution in [0.15, 0.2) is 64.0 Å². The Labute approximate surface area is 204 Å². The molecule has 0 N–H and O–H groups in total. The highest BCUT2D eigenvalue weighted by molar-refractivity contribution is 5.84. The smallest absolute Gasteiger partial charge is 0.253 e. The summed E-state index contributed by atoms with van der Waals surface area (Å²) in [6.45, 7) is 6.03. The molecule has 2 aromatic carbocycles. The van der Waals surface area contributed by atoms with Crippen LogP contribution in [0, 0.1) is 25.7 Å². The summed E-state index contributed by atoms with van der Waals surface area (Å²) in [5.41, 5.74) is 5.82. The highest BCUT2D eigenvalue weighted by Gasteiger charge is 2.36. The molecule has 6 rings (SSSR count). The average Bonchev–Trinajstić information content (AvgIpc) is 3.40. The van der Waals surface area contributed by atoms with Crippen molar-refractivity contribution >= 4 is 16.9 Å². The highest BCUT2D eigenvalue weighted by atomic mass is 16.3. The monoisotopic (exact) mass is 467 g/mol. The van der Waals surface area contributed by atoms with Crippen molar-refractivity contribution in [3.8, 4) is 22.5 Å². The zero-order valence-electron chi connectivity index (χ0n) is 20.2. The van der Waals surface area contributed by atoms with Crippen molar-refractivity contribution in [3.63, 3.8) is 0 Å². The topological polar surface area (TPSA) is 68.3 Å². The number of rotatable bonds is 5. The number of benzene rings is 2. The number of nitrogens with zero attached hydrogens (tertiary/aromatic N) is 3. The van der Waals surface area contributed by atoms with E-state index in [2.05, 4.69) is 37.3 Å². The number of carbonyl (C=O) groups is 1. The molecule has 6 nitrogen and oxygen atoms in total. The molecule has 1 aliphatic carbocycles. The summed E-state index contributed by atoms with van der Waals surface area (Å²) >= 11 is 0. The van der Waals surface area contributed by atoms with Crippen LogP contribution in [0.5, 0.6) is 0 Å². The van der Waals surface area contributed by atoms with Gasteiger partial charge in [0.2, 0.25) is 5.91 Å². The number of hydrogen-bond donors (Lipinski definition) is 0. The van der Waals surface area contributed by atoms with Crippen LogP contribution in [-0.2, 0) is 11.3 Å². The Morgan fingerprint density at radius 2 is 1.83 bits per heavy atom. The second-order valence-electron chi connectivity index (χ2n) is 10.1. The molecule has 2 fully saturated rings. The summed E-state index contributed by atoms with van der Waals surface area (Å²) in [5, 5.41) is 1.07. The third kappa shape index (κ3) is 4.18. The third-order valence-corrected chi connectivity index (χ3v) is 7.35. The number of amides is 1. The minimum absolute atomic E-state index is 0.0339. The zero-order valence-corrected chi connectivity index (χ0v) is 20.2. The largest absolute Gasteiger partial charge is 0.464 e. The Bertz CT molecular complexity index is 1490. The van der Waals surface area contributed by atoms with Gasteiger partial charge in [0.25, 0.3) is 5.56 Å². The second kappa shape index (κ2) is 8.52. The molecule has 35 heavy (non-hydrogen) atoms. The Morgan fingerprint density at radius 1 is 1.03 bits per heavy atom. The van der Waals surface area contributed by atoms with Crippen LogP contribution < -0.4 is 5.56 Å². The number of carbonyl (C=O) groups excluding carboxylic acids is 1. The van der Waals surface area contributed by atoms with Gasteiger partial charge in [-0.2, -0.15) is 0 Å². The molecule has 3 heterocycles. The Morgan fingerprint density at radius 3 is 2.63 bits per heavy atom. The van der Waals surface area contributed by atoms with Gasteiger partial charge in [0, 0.05) is 48.3 Å². The Balaban J connectivity index is 1.31. The molecule has 2 aromatic heterocycles. The summed E-state index contributed by atoms with van der Waals surface area (Å²) < 4.78 is 7.28. The number of fused-ring (bicyclic) bond motifs is 1. The summed E-state index contributed by atoms with van der Waals surface area (Å²) in [7, 11) is 0. The van der Waals surface area contributed by atoms with Crippen molar-refractivity contribution in [2.45, 2.75) is 39.7 Å². The molecule has 0 spiro atoms. The first-order valence-corrected chi connectivity index (χ1v) is 12.4. The van der Waals surface area contributed by atoms with E-state index in [1.807, 2.05) is 28.5 Å².